The Morgan fingerprint density at radius 3 is 2.95 bits per heavy atom. The maximum absolute atomic E-state index is 5.79. The Balaban J connectivity index is 1.83. The van der Waals surface area contributed by atoms with Gasteiger partial charge in [0.2, 0.25) is 0 Å². The fourth-order valence-electron chi connectivity index (χ4n) is 3.33. The molecule has 2 atom stereocenters. The van der Waals surface area contributed by atoms with Crippen LogP contribution in [0.4, 0.5) is 5.69 Å². The predicted molar refractivity (Wildman–Crippen MR) is 83.9 cm³/mol. The van der Waals surface area contributed by atoms with Crippen molar-refractivity contribution < 1.29 is 4.52 Å². The molecule has 1 aliphatic rings. The normalized spacial score (nSPS) is 22.4. The van der Waals surface area contributed by atoms with Crippen molar-refractivity contribution in [2.24, 2.45) is 5.92 Å². The lowest BCUT2D eigenvalue weighted by molar-refractivity contribution is 0.300. The van der Waals surface area contributed by atoms with Crippen LogP contribution in [0.1, 0.15) is 56.3 Å². The largest absolute Gasteiger partial charge is 0.399 e. The summed E-state index contributed by atoms with van der Waals surface area (Å²) in [4.78, 5) is 4.64. The van der Waals surface area contributed by atoms with Gasteiger partial charge in [-0.3, -0.25) is 0 Å². The van der Waals surface area contributed by atoms with Gasteiger partial charge in [0.25, 0.3) is 5.89 Å². The summed E-state index contributed by atoms with van der Waals surface area (Å²) in [7, 11) is 0. The Bertz CT molecular complexity index is 620. The standard InChI is InChI=1S/C17H23N3O/c1-3-12-5-4-6-13(10-12)16-19-17(21-20-16)15-8-7-14(18)9-11(15)2/h7-9,12-13H,3-6,10,18H2,1-2H3. The zero-order valence-electron chi connectivity index (χ0n) is 12.8. The Labute approximate surface area is 125 Å². The van der Waals surface area contributed by atoms with Crippen molar-refractivity contribution in [3.63, 3.8) is 0 Å². The first-order valence-corrected chi connectivity index (χ1v) is 7.87. The summed E-state index contributed by atoms with van der Waals surface area (Å²) in [6.07, 6.45) is 6.23. The van der Waals surface area contributed by atoms with Crippen LogP contribution in [0.3, 0.4) is 0 Å². The van der Waals surface area contributed by atoms with Crippen molar-refractivity contribution in [2.75, 3.05) is 5.73 Å². The molecule has 2 N–H and O–H groups in total. The number of aryl methyl sites for hydroxylation is 1. The number of nitrogens with two attached hydrogens (primary N) is 1. The van der Waals surface area contributed by atoms with E-state index in [0.717, 1.165) is 28.6 Å². The van der Waals surface area contributed by atoms with E-state index in [4.69, 9.17) is 10.3 Å². The molecule has 21 heavy (non-hydrogen) atoms. The van der Waals surface area contributed by atoms with Gasteiger partial charge in [0.15, 0.2) is 5.82 Å². The number of nitrogen functional groups attached to an aromatic ring is 1. The number of anilines is 1. The van der Waals surface area contributed by atoms with Gasteiger partial charge < -0.3 is 10.3 Å². The van der Waals surface area contributed by atoms with E-state index in [0.29, 0.717) is 11.8 Å². The molecule has 0 spiro atoms. The van der Waals surface area contributed by atoms with E-state index < -0.39 is 0 Å². The second-order valence-corrected chi connectivity index (χ2v) is 6.17. The molecule has 0 radical (unpaired) electrons. The Hall–Kier alpha value is -1.84. The average Bonchev–Trinajstić information content (AvgIpc) is 2.97. The van der Waals surface area contributed by atoms with Crippen LogP contribution in [-0.2, 0) is 0 Å². The molecule has 1 heterocycles. The summed E-state index contributed by atoms with van der Waals surface area (Å²) in [5.41, 5.74) is 8.60. The highest BCUT2D eigenvalue weighted by atomic mass is 16.5. The lowest BCUT2D eigenvalue weighted by Gasteiger charge is -2.26. The summed E-state index contributed by atoms with van der Waals surface area (Å²) in [5, 5.41) is 4.23. The summed E-state index contributed by atoms with van der Waals surface area (Å²) in [6, 6.07) is 5.77. The van der Waals surface area contributed by atoms with Gasteiger partial charge in [0.05, 0.1) is 0 Å². The molecular weight excluding hydrogens is 262 g/mol. The first-order chi connectivity index (χ1) is 10.2. The average molecular weight is 285 g/mol. The van der Waals surface area contributed by atoms with Crippen LogP contribution in [-0.4, -0.2) is 10.1 Å². The van der Waals surface area contributed by atoms with E-state index in [-0.39, 0.29) is 0 Å². The molecule has 0 bridgehead atoms. The van der Waals surface area contributed by atoms with Gasteiger partial charge in [0, 0.05) is 17.2 Å². The van der Waals surface area contributed by atoms with Crippen LogP contribution < -0.4 is 5.73 Å². The molecule has 4 nitrogen and oxygen atoms in total. The first-order valence-electron chi connectivity index (χ1n) is 7.87. The van der Waals surface area contributed by atoms with E-state index in [9.17, 15) is 0 Å². The van der Waals surface area contributed by atoms with Crippen molar-refractivity contribution in [3.8, 4) is 11.5 Å². The Kier molecular flexibility index (Phi) is 3.95. The van der Waals surface area contributed by atoms with Gasteiger partial charge in [-0.25, -0.2) is 0 Å². The number of rotatable bonds is 3. The van der Waals surface area contributed by atoms with Crippen molar-refractivity contribution in [3.05, 3.63) is 29.6 Å². The molecule has 1 aliphatic carbocycles. The quantitative estimate of drug-likeness (QED) is 0.853. The fourth-order valence-corrected chi connectivity index (χ4v) is 3.33. The molecule has 4 heteroatoms. The van der Waals surface area contributed by atoms with Gasteiger partial charge in [-0.2, -0.15) is 4.98 Å². The number of hydrogen-bond acceptors (Lipinski definition) is 4. The highest BCUT2D eigenvalue weighted by Crippen LogP contribution is 2.37. The third kappa shape index (κ3) is 2.94. The van der Waals surface area contributed by atoms with E-state index in [1.807, 2.05) is 25.1 Å². The van der Waals surface area contributed by atoms with Gasteiger partial charge in [-0.1, -0.05) is 31.3 Å². The summed E-state index contributed by atoms with van der Waals surface area (Å²) >= 11 is 0. The molecule has 0 amide bonds. The van der Waals surface area contributed by atoms with Crippen LogP contribution in [0.25, 0.3) is 11.5 Å². The lowest BCUT2D eigenvalue weighted by atomic mass is 9.80. The van der Waals surface area contributed by atoms with E-state index in [1.54, 1.807) is 0 Å². The minimum absolute atomic E-state index is 0.454. The van der Waals surface area contributed by atoms with Crippen molar-refractivity contribution in [1.82, 2.24) is 10.1 Å². The molecule has 1 fully saturated rings. The van der Waals surface area contributed by atoms with E-state index >= 15 is 0 Å². The highest BCUT2D eigenvalue weighted by Gasteiger charge is 2.26. The van der Waals surface area contributed by atoms with Crippen LogP contribution in [0, 0.1) is 12.8 Å². The summed E-state index contributed by atoms with van der Waals surface area (Å²) < 4.78 is 5.49. The van der Waals surface area contributed by atoms with Crippen LogP contribution >= 0.6 is 0 Å². The number of hydrogen-bond donors (Lipinski definition) is 1. The number of benzene rings is 1. The lowest BCUT2D eigenvalue weighted by Crippen LogP contribution is -2.14. The summed E-state index contributed by atoms with van der Waals surface area (Å²) in [5.74, 6) is 2.75. The second kappa shape index (κ2) is 5.88. The Morgan fingerprint density at radius 1 is 1.33 bits per heavy atom. The first kappa shape index (κ1) is 14.1. The molecule has 112 valence electrons. The second-order valence-electron chi connectivity index (χ2n) is 6.17. The number of aromatic nitrogens is 2. The zero-order valence-corrected chi connectivity index (χ0v) is 12.8. The predicted octanol–water partition coefficient (Wildman–Crippen LogP) is 4.31. The Morgan fingerprint density at radius 2 is 2.19 bits per heavy atom. The van der Waals surface area contributed by atoms with Gasteiger partial charge in [-0.05, 0) is 49.4 Å². The third-order valence-corrected chi connectivity index (χ3v) is 4.65. The molecule has 1 aromatic carbocycles. The molecule has 1 aromatic heterocycles. The highest BCUT2D eigenvalue weighted by molar-refractivity contribution is 5.62. The van der Waals surface area contributed by atoms with E-state index in [2.05, 4.69) is 17.1 Å². The smallest absolute Gasteiger partial charge is 0.258 e. The van der Waals surface area contributed by atoms with Gasteiger partial charge in [0.1, 0.15) is 0 Å². The minimum atomic E-state index is 0.454. The minimum Gasteiger partial charge on any atom is -0.399 e. The molecular formula is C17H23N3O. The van der Waals surface area contributed by atoms with Crippen molar-refractivity contribution in [1.29, 1.82) is 0 Å². The van der Waals surface area contributed by atoms with Crippen molar-refractivity contribution >= 4 is 5.69 Å². The van der Waals surface area contributed by atoms with Gasteiger partial charge >= 0.3 is 0 Å². The maximum Gasteiger partial charge on any atom is 0.258 e. The summed E-state index contributed by atoms with van der Waals surface area (Å²) in [6.45, 7) is 4.29. The molecule has 0 saturated heterocycles. The molecule has 0 aliphatic heterocycles. The topological polar surface area (TPSA) is 64.9 Å². The molecule has 2 aromatic rings. The monoisotopic (exact) mass is 285 g/mol. The van der Waals surface area contributed by atoms with Crippen LogP contribution in [0.5, 0.6) is 0 Å². The molecule has 2 unspecified atom stereocenters. The maximum atomic E-state index is 5.79. The van der Waals surface area contributed by atoms with Gasteiger partial charge in [-0.15, -0.1) is 0 Å². The number of nitrogens with zero attached hydrogens (tertiary/aromatic N) is 2. The van der Waals surface area contributed by atoms with Crippen LogP contribution in [0.15, 0.2) is 22.7 Å². The molecule has 3 rings (SSSR count). The van der Waals surface area contributed by atoms with E-state index in [1.165, 1.54) is 32.1 Å². The third-order valence-electron chi connectivity index (χ3n) is 4.65. The van der Waals surface area contributed by atoms with Crippen molar-refractivity contribution in [2.45, 2.75) is 51.9 Å². The zero-order chi connectivity index (χ0) is 14.8. The molecule has 1 saturated carbocycles. The SMILES string of the molecule is CCC1CCCC(c2noc(-c3ccc(N)cc3C)n2)C1. The fraction of sp³-hybridized carbons (Fsp3) is 0.529. The van der Waals surface area contributed by atoms with Crippen LogP contribution in [0.2, 0.25) is 0 Å².